The Morgan fingerprint density at radius 3 is 1.75 bits per heavy atom. The second-order valence-electron chi connectivity index (χ2n) is 1.81. The van der Waals surface area contributed by atoms with Crippen LogP contribution < -0.4 is 0 Å². The number of rotatable bonds is 1. The number of hydrogen-bond donors (Lipinski definition) is 1. The van der Waals surface area contributed by atoms with Crippen LogP contribution in [-0.2, 0) is 4.79 Å². The van der Waals surface area contributed by atoms with Gasteiger partial charge >= 0.3 is 5.97 Å². The topological polar surface area (TPSA) is 37.3 Å². The molecule has 1 aliphatic rings. The average molecular weight is 116 g/mol. The molecular weight excluding hydrogens is 104 g/mol. The molecule has 1 saturated carbocycles. The van der Waals surface area contributed by atoms with E-state index in [0.717, 1.165) is 0 Å². The monoisotopic (exact) mass is 116 g/mol. The van der Waals surface area contributed by atoms with Crippen molar-refractivity contribution in [2.45, 2.75) is 32.6 Å². The quantitative estimate of drug-likeness (QED) is 0.565. The lowest BCUT2D eigenvalue weighted by Gasteiger charge is -1.71. The molecule has 0 unspecified atom stereocenters. The highest BCUT2D eigenvalue weighted by molar-refractivity contribution is 5.66. The van der Waals surface area contributed by atoms with E-state index in [2.05, 4.69) is 0 Å². The first-order valence-electron chi connectivity index (χ1n) is 2.99. The Hall–Kier alpha value is -0.530. The third kappa shape index (κ3) is 17.9. The molecule has 0 aliphatic heterocycles. The second-order valence-corrected chi connectivity index (χ2v) is 1.81. The van der Waals surface area contributed by atoms with Crippen molar-refractivity contribution in [2.75, 3.05) is 0 Å². The van der Waals surface area contributed by atoms with Crippen LogP contribution in [0.25, 0.3) is 0 Å². The molecule has 0 heterocycles. The zero-order valence-corrected chi connectivity index (χ0v) is 5.18. The van der Waals surface area contributed by atoms with Crippen molar-refractivity contribution in [3.8, 4) is 0 Å². The molecule has 8 heavy (non-hydrogen) atoms. The van der Waals surface area contributed by atoms with Crippen molar-refractivity contribution in [2.24, 2.45) is 0 Å². The van der Waals surface area contributed by atoms with Crippen LogP contribution in [0.3, 0.4) is 0 Å². The van der Waals surface area contributed by atoms with Gasteiger partial charge in [0.2, 0.25) is 0 Å². The highest BCUT2D eigenvalue weighted by atomic mass is 16.4. The molecule has 2 heteroatoms. The summed E-state index contributed by atoms with van der Waals surface area (Å²) in [4.78, 5) is 9.37. The zero-order chi connectivity index (χ0) is 6.41. The maximum Gasteiger partial charge on any atom is 0.303 e. The van der Waals surface area contributed by atoms with Crippen molar-refractivity contribution in [3.05, 3.63) is 0 Å². The van der Waals surface area contributed by atoms with Crippen LogP contribution in [0.5, 0.6) is 0 Å². The molecule has 0 atom stereocenters. The SMILES string of the molecule is C1CC1.CCC(=O)O. The fourth-order valence-electron chi connectivity index (χ4n) is 0. The molecule has 1 aliphatic carbocycles. The molecule has 2 nitrogen and oxygen atoms in total. The molecule has 0 aromatic carbocycles. The molecule has 1 rings (SSSR count). The first-order valence-corrected chi connectivity index (χ1v) is 2.99. The standard InChI is InChI=1S/C3H6O2.C3H6/c1-2-3(4)5;1-2-3-1/h2H2,1H3,(H,4,5);1-3H2. The lowest BCUT2D eigenvalue weighted by molar-refractivity contribution is -0.136. The molecule has 0 amide bonds. The van der Waals surface area contributed by atoms with Gasteiger partial charge in [0, 0.05) is 6.42 Å². The van der Waals surface area contributed by atoms with E-state index in [4.69, 9.17) is 5.11 Å². The minimum atomic E-state index is -0.745. The van der Waals surface area contributed by atoms with E-state index >= 15 is 0 Å². The second kappa shape index (κ2) is 4.62. The maximum atomic E-state index is 9.37. The van der Waals surface area contributed by atoms with Crippen LogP contribution >= 0.6 is 0 Å². The van der Waals surface area contributed by atoms with Crippen LogP contribution in [0.4, 0.5) is 0 Å². The van der Waals surface area contributed by atoms with Crippen molar-refractivity contribution in [1.82, 2.24) is 0 Å². The van der Waals surface area contributed by atoms with Crippen LogP contribution in [0, 0.1) is 0 Å². The number of hydrogen-bond acceptors (Lipinski definition) is 1. The van der Waals surface area contributed by atoms with Gasteiger partial charge in [-0.05, 0) is 0 Å². The van der Waals surface area contributed by atoms with E-state index in [1.54, 1.807) is 6.92 Å². The van der Waals surface area contributed by atoms with Gasteiger partial charge in [-0.3, -0.25) is 4.79 Å². The molecule has 48 valence electrons. The lowest BCUT2D eigenvalue weighted by Crippen LogP contribution is -1.86. The molecule has 1 N–H and O–H groups in total. The Morgan fingerprint density at radius 1 is 1.50 bits per heavy atom. The summed E-state index contributed by atoms with van der Waals surface area (Å²) in [5.41, 5.74) is 0. The minimum Gasteiger partial charge on any atom is -0.481 e. The van der Waals surface area contributed by atoms with E-state index in [1.807, 2.05) is 0 Å². The van der Waals surface area contributed by atoms with E-state index in [9.17, 15) is 4.79 Å². The molecule has 0 saturated heterocycles. The summed E-state index contributed by atoms with van der Waals surface area (Å²) in [5.74, 6) is -0.745. The van der Waals surface area contributed by atoms with Crippen LogP contribution in [0.2, 0.25) is 0 Å². The summed E-state index contributed by atoms with van der Waals surface area (Å²) >= 11 is 0. The Morgan fingerprint density at radius 2 is 1.75 bits per heavy atom. The van der Waals surface area contributed by atoms with Crippen LogP contribution in [0.15, 0.2) is 0 Å². The third-order valence-corrected chi connectivity index (χ3v) is 0.656. The van der Waals surface area contributed by atoms with Crippen molar-refractivity contribution >= 4 is 5.97 Å². The van der Waals surface area contributed by atoms with Gasteiger partial charge in [-0.2, -0.15) is 0 Å². The maximum absolute atomic E-state index is 9.37. The van der Waals surface area contributed by atoms with Gasteiger partial charge in [0.15, 0.2) is 0 Å². The van der Waals surface area contributed by atoms with Crippen molar-refractivity contribution in [1.29, 1.82) is 0 Å². The summed E-state index contributed by atoms with van der Waals surface area (Å²) in [7, 11) is 0. The van der Waals surface area contributed by atoms with Crippen molar-refractivity contribution in [3.63, 3.8) is 0 Å². The predicted molar refractivity (Wildman–Crippen MR) is 31.8 cm³/mol. The molecule has 0 radical (unpaired) electrons. The van der Waals surface area contributed by atoms with E-state index in [0.29, 0.717) is 0 Å². The molecule has 0 aromatic rings. The van der Waals surface area contributed by atoms with Gasteiger partial charge in [0.1, 0.15) is 0 Å². The smallest absolute Gasteiger partial charge is 0.303 e. The van der Waals surface area contributed by atoms with Gasteiger partial charge in [0.05, 0.1) is 0 Å². The number of carboxylic acid groups (broad SMARTS) is 1. The molecule has 0 bridgehead atoms. The largest absolute Gasteiger partial charge is 0.481 e. The van der Waals surface area contributed by atoms with Gasteiger partial charge < -0.3 is 5.11 Å². The van der Waals surface area contributed by atoms with Crippen molar-refractivity contribution < 1.29 is 9.90 Å². The summed E-state index contributed by atoms with van der Waals surface area (Å²) in [5, 5.41) is 7.72. The van der Waals surface area contributed by atoms with E-state index in [-0.39, 0.29) is 6.42 Å². The molecule has 0 spiro atoms. The number of aliphatic carboxylic acids is 1. The zero-order valence-electron chi connectivity index (χ0n) is 5.18. The fraction of sp³-hybridized carbons (Fsp3) is 0.833. The Balaban J connectivity index is 0.000000135. The van der Waals surface area contributed by atoms with Gasteiger partial charge in [-0.1, -0.05) is 26.2 Å². The van der Waals surface area contributed by atoms with Gasteiger partial charge in [0.25, 0.3) is 0 Å². The Labute approximate surface area is 49.5 Å². The van der Waals surface area contributed by atoms with Crippen LogP contribution in [0.1, 0.15) is 32.6 Å². The summed E-state index contributed by atoms with van der Waals surface area (Å²) in [6.45, 7) is 1.60. The minimum absolute atomic E-state index is 0.222. The Kier molecular flexibility index (Phi) is 4.32. The lowest BCUT2D eigenvalue weighted by atomic mass is 10.5. The molecule has 1 fully saturated rings. The van der Waals surface area contributed by atoms with E-state index in [1.165, 1.54) is 19.3 Å². The number of carboxylic acids is 1. The van der Waals surface area contributed by atoms with E-state index < -0.39 is 5.97 Å². The average Bonchev–Trinajstić information content (AvgIpc) is 2.48. The van der Waals surface area contributed by atoms with Crippen LogP contribution in [-0.4, -0.2) is 11.1 Å². The fourth-order valence-corrected chi connectivity index (χ4v) is 0. The first-order chi connectivity index (χ1) is 3.77. The normalized spacial score (nSPS) is 13.6. The summed E-state index contributed by atoms with van der Waals surface area (Å²) in [6, 6.07) is 0. The first kappa shape index (κ1) is 7.47. The molecule has 0 aromatic heterocycles. The summed E-state index contributed by atoms with van der Waals surface area (Å²) in [6.07, 6.45) is 4.72. The third-order valence-electron chi connectivity index (χ3n) is 0.656. The number of carbonyl (C=O) groups is 1. The van der Waals surface area contributed by atoms with Gasteiger partial charge in [-0.25, -0.2) is 0 Å². The summed E-state index contributed by atoms with van der Waals surface area (Å²) < 4.78 is 0. The molecular formula is C6H12O2. The van der Waals surface area contributed by atoms with Gasteiger partial charge in [-0.15, -0.1) is 0 Å². The Bertz CT molecular complexity index is 64.2. The highest BCUT2D eigenvalue weighted by Crippen LogP contribution is 2.14. The predicted octanol–water partition coefficient (Wildman–Crippen LogP) is 1.65. The highest BCUT2D eigenvalue weighted by Gasteiger charge is 1.95.